The molecule has 4 rings (SSSR count). The second-order valence-corrected chi connectivity index (χ2v) is 8.69. The third kappa shape index (κ3) is 5.76. The number of carbonyl (C=O) groups is 1. The first-order chi connectivity index (χ1) is 15.9. The van der Waals surface area contributed by atoms with E-state index in [2.05, 4.69) is 15.2 Å². The number of aromatic nitrogens is 3. The molecule has 8 nitrogen and oxygen atoms in total. The zero-order valence-corrected chi connectivity index (χ0v) is 19.6. The lowest BCUT2D eigenvalue weighted by Gasteiger charge is -2.33. The second-order valence-electron chi connectivity index (χ2n) is 7.82. The molecule has 0 atom stereocenters. The van der Waals surface area contributed by atoms with Crippen molar-refractivity contribution in [2.24, 2.45) is 0 Å². The standard InChI is InChI=1S/C23H24Cl2N4O4/c1-32-19-4-2-15(3-5-19)13-29-21(22(23(30)31)26-27-29)14-33-20-6-8-28(9-7-20)18-11-16(24)10-17(25)12-18/h2-5,10-12,20H,6-9,13-14H2,1H3,(H,30,31). The molecule has 0 bridgehead atoms. The van der Waals surface area contributed by atoms with Crippen molar-refractivity contribution in [3.05, 3.63) is 69.5 Å². The number of carboxylic acid groups (broad SMARTS) is 1. The van der Waals surface area contributed by atoms with Gasteiger partial charge >= 0.3 is 5.97 Å². The molecule has 1 saturated heterocycles. The molecule has 1 aromatic heterocycles. The molecule has 0 unspecified atom stereocenters. The van der Waals surface area contributed by atoms with E-state index in [-0.39, 0.29) is 18.4 Å². The lowest BCUT2D eigenvalue weighted by Crippen LogP contribution is -2.37. The first-order valence-electron chi connectivity index (χ1n) is 10.5. The van der Waals surface area contributed by atoms with Gasteiger partial charge in [0.05, 0.1) is 32.1 Å². The van der Waals surface area contributed by atoms with Gasteiger partial charge in [-0.3, -0.25) is 0 Å². The summed E-state index contributed by atoms with van der Waals surface area (Å²) in [7, 11) is 1.61. The highest BCUT2D eigenvalue weighted by Gasteiger charge is 2.24. The molecule has 2 aromatic carbocycles. The molecule has 0 aliphatic carbocycles. The van der Waals surface area contributed by atoms with Gasteiger partial charge in [0, 0.05) is 28.8 Å². The van der Waals surface area contributed by atoms with Crippen LogP contribution >= 0.6 is 23.2 Å². The topological polar surface area (TPSA) is 89.7 Å². The van der Waals surface area contributed by atoms with Gasteiger partial charge in [0.15, 0.2) is 5.69 Å². The summed E-state index contributed by atoms with van der Waals surface area (Å²) in [6, 6.07) is 13.0. The van der Waals surface area contributed by atoms with E-state index in [9.17, 15) is 9.90 Å². The van der Waals surface area contributed by atoms with E-state index in [4.69, 9.17) is 32.7 Å². The summed E-state index contributed by atoms with van der Waals surface area (Å²) in [6.45, 7) is 2.09. The number of nitrogens with zero attached hydrogens (tertiary/aromatic N) is 4. The van der Waals surface area contributed by atoms with E-state index in [1.54, 1.807) is 17.9 Å². The van der Waals surface area contributed by atoms with Gasteiger partial charge in [0.1, 0.15) is 5.75 Å². The van der Waals surface area contributed by atoms with Crippen LogP contribution in [0.15, 0.2) is 42.5 Å². The van der Waals surface area contributed by atoms with E-state index in [0.717, 1.165) is 42.9 Å². The number of rotatable bonds is 8. The Kier molecular flexibility index (Phi) is 7.37. The quantitative estimate of drug-likeness (QED) is 0.496. The van der Waals surface area contributed by atoms with Crippen molar-refractivity contribution >= 4 is 34.9 Å². The van der Waals surface area contributed by atoms with Crippen molar-refractivity contribution in [1.29, 1.82) is 0 Å². The number of hydrogen-bond acceptors (Lipinski definition) is 6. The molecule has 0 spiro atoms. The number of carboxylic acids is 1. The zero-order chi connectivity index (χ0) is 23.4. The first-order valence-corrected chi connectivity index (χ1v) is 11.3. The van der Waals surface area contributed by atoms with Crippen LogP contribution in [0.2, 0.25) is 10.0 Å². The molecule has 0 amide bonds. The lowest BCUT2D eigenvalue weighted by atomic mass is 10.1. The summed E-state index contributed by atoms with van der Waals surface area (Å²) >= 11 is 12.3. The Morgan fingerprint density at radius 3 is 2.39 bits per heavy atom. The van der Waals surface area contributed by atoms with Crippen LogP contribution in [0.25, 0.3) is 0 Å². The third-order valence-electron chi connectivity index (χ3n) is 5.64. The molecule has 10 heteroatoms. The van der Waals surface area contributed by atoms with Crippen LogP contribution in [0.5, 0.6) is 5.75 Å². The Bertz CT molecular complexity index is 1090. The van der Waals surface area contributed by atoms with Gasteiger partial charge < -0.3 is 19.5 Å². The smallest absolute Gasteiger partial charge is 0.358 e. The average Bonchev–Trinajstić information content (AvgIpc) is 3.20. The highest BCUT2D eigenvalue weighted by Crippen LogP contribution is 2.28. The Hall–Kier alpha value is -2.81. The molecule has 1 fully saturated rings. The summed E-state index contributed by atoms with van der Waals surface area (Å²) in [5.74, 6) is -0.374. The predicted molar refractivity (Wildman–Crippen MR) is 126 cm³/mol. The number of piperidine rings is 1. The van der Waals surface area contributed by atoms with Crippen molar-refractivity contribution in [2.45, 2.75) is 32.1 Å². The molecule has 33 heavy (non-hydrogen) atoms. The molecule has 2 heterocycles. The Balaban J connectivity index is 1.39. The van der Waals surface area contributed by atoms with Gasteiger partial charge in [-0.25, -0.2) is 9.48 Å². The fraction of sp³-hybridized carbons (Fsp3) is 0.348. The maximum atomic E-state index is 11.7. The maximum absolute atomic E-state index is 11.7. The van der Waals surface area contributed by atoms with Gasteiger partial charge in [0.25, 0.3) is 0 Å². The fourth-order valence-corrected chi connectivity index (χ4v) is 4.39. The summed E-state index contributed by atoms with van der Waals surface area (Å²) in [4.78, 5) is 13.9. The van der Waals surface area contributed by atoms with Crippen molar-refractivity contribution in [2.75, 3.05) is 25.1 Å². The number of ether oxygens (including phenoxy) is 2. The van der Waals surface area contributed by atoms with Crippen molar-refractivity contribution < 1.29 is 19.4 Å². The predicted octanol–water partition coefficient (Wildman–Crippen LogP) is 4.53. The van der Waals surface area contributed by atoms with Crippen LogP contribution in [-0.2, 0) is 17.9 Å². The maximum Gasteiger partial charge on any atom is 0.358 e. The van der Waals surface area contributed by atoms with E-state index in [1.807, 2.05) is 36.4 Å². The summed E-state index contributed by atoms with van der Waals surface area (Å²) in [5, 5.41) is 18.7. The monoisotopic (exact) mass is 490 g/mol. The van der Waals surface area contributed by atoms with Gasteiger partial charge in [0.2, 0.25) is 0 Å². The number of hydrogen-bond donors (Lipinski definition) is 1. The van der Waals surface area contributed by atoms with Crippen LogP contribution in [0.3, 0.4) is 0 Å². The number of anilines is 1. The Labute approximate surface area is 201 Å². The molecular formula is C23H24Cl2N4O4. The van der Waals surface area contributed by atoms with Crippen molar-refractivity contribution in [3.8, 4) is 5.75 Å². The van der Waals surface area contributed by atoms with Crippen molar-refractivity contribution in [1.82, 2.24) is 15.0 Å². The summed E-state index contributed by atoms with van der Waals surface area (Å²) in [6.07, 6.45) is 1.60. The minimum atomic E-state index is -1.12. The normalized spacial score (nSPS) is 14.5. The zero-order valence-electron chi connectivity index (χ0n) is 18.1. The SMILES string of the molecule is COc1ccc(Cn2nnc(C(=O)O)c2COC2CCN(c3cc(Cl)cc(Cl)c3)CC2)cc1. The molecule has 1 aliphatic heterocycles. The second kappa shape index (κ2) is 10.4. The highest BCUT2D eigenvalue weighted by molar-refractivity contribution is 6.35. The van der Waals surface area contributed by atoms with E-state index < -0.39 is 5.97 Å². The fourth-order valence-electron chi connectivity index (χ4n) is 3.87. The lowest BCUT2D eigenvalue weighted by molar-refractivity contribution is 0.0209. The summed E-state index contributed by atoms with van der Waals surface area (Å²) < 4.78 is 12.9. The van der Waals surface area contributed by atoms with Gasteiger partial charge in [-0.15, -0.1) is 5.10 Å². The van der Waals surface area contributed by atoms with Crippen LogP contribution in [0.4, 0.5) is 5.69 Å². The van der Waals surface area contributed by atoms with Crippen LogP contribution < -0.4 is 9.64 Å². The van der Waals surface area contributed by atoms with Gasteiger partial charge in [-0.2, -0.15) is 0 Å². The Morgan fingerprint density at radius 2 is 1.79 bits per heavy atom. The molecule has 174 valence electrons. The number of halogens is 2. The van der Waals surface area contributed by atoms with Crippen LogP contribution in [-0.4, -0.2) is 52.4 Å². The van der Waals surface area contributed by atoms with Gasteiger partial charge in [-0.05, 0) is 48.7 Å². The molecule has 0 radical (unpaired) electrons. The molecule has 1 N–H and O–H groups in total. The molecule has 1 aliphatic rings. The van der Waals surface area contributed by atoms with Crippen LogP contribution in [0, 0.1) is 0 Å². The van der Waals surface area contributed by atoms with E-state index >= 15 is 0 Å². The first kappa shape index (κ1) is 23.4. The average molecular weight is 491 g/mol. The minimum absolute atomic E-state index is 0.00175. The van der Waals surface area contributed by atoms with E-state index in [0.29, 0.717) is 22.3 Å². The van der Waals surface area contributed by atoms with Crippen molar-refractivity contribution in [3.63, 3.8) is 0 Å². The minimum Gasteiger partial charge on any atom is -0.497 e. The molecule has 3 aromatic rings. The Morgan fingerprint density at radius 1 is 1.12 bits per heavy atom. The summed E-state index contributed by atoms with van der Waals surface area (Å²) in [5.41, 5.74) is 2.30. The number of aromatic carboxylic acids is 1. The highest BCUT2D eigenvalue weighted by atomic mass is 35.5. The van der Waals surface area contributed by atoms with E-state index in [1.165, 1.54) is 0 Å². The number of benzene rings is 2. The van der Waals surface area contributed by atoms with Gasteiger partial charge in [-0.1, -0.05) is 40.5 Å². The number of methoxy groups -OCH3 is 1. The van der Waals surface area contributed by atoms with Crippen LogP contribution in [0.1, 0.15) is 34.6 Å². The third-order valence-corrected chi connectivity index (χ3v) is 6.08. The largest absolute Gasteiger partial charge is 0.497 e. The molecular weight excluding hydrogens is 467 g/mol. The molecule has 0 saturated carbocycles.